The normalized spacial score (nSPS) is 11.4. The van der Waals surface area contributed by atoms with Crippen molar-refractivity contribution in [2.45, 2.75) is 13.0 Å². The SMILES string of the molecule is CC(Oc1ccc(F)cc1)C(=O)NNC(=O)c1ccc(Br)cc1. The molecule has 0 aliphatic rings. The summed E-state index contributed by atoms with van der Waals surface area (Å²) < 4.78 is 19.0. The average Bonchev–Trinajstić information content (AvgIpc) is 2.55. The Morgan fingerprint density at radius 2 is 1.65 bits per heavy atom. The molecule has 0 heterocycles. The van der Waals surface area contributed by atoms with Crippen LogP contribution in [-0.2, 0) is 4.79 Å². The van der Waals surface area contributed by atoms with Crippen molar-refractivity contribution in [3.63, 3.8) is 0 Å². The molecule has 0 saturated heterocycles. The van der Waals surface area contributed by atoms with Gasteiger partial charge in [0.2, 0.25) is 0 Å². The fourth-order valence-corrected chi connectivity index (χ4v) is 1.93. The number of hydrazine groups is 1. The minimum Gasteiger partial charge on any atom is -0.481 e. The first-order chi connectivity index (χ1) is 11.0. The third-order valence-corrected chi connectivity index (χ3v) is 3.43. The quantitative estimate of drug-likeness (QED) is 0.801. The van der Waals surface area contributed by atoms with Crippen LogP contribution in [0.2, 0.25) is 0 Å². The molecule has 0 aliphatic heterocycles. The Hall–Kier alpha value is -2.41. The van der Waals surface area contributed by atoms with Crippen LogP contribution in [0.5, 0.6) is 5.75 Å². The van der Waals surface area contributed by atoms with Crippen LogP contribution in [-0.4, -0.2) is 17.9 Å². The third-order valence-electron chi connectivity index (χ3n) is 2.90. The third kappa shape index (κ3) is 5.07. The lowest BCUT2D eigenvalue weighted by Crippen LogP contribution is -2.47. The summed E-state index contributed by atoms with van der Waals surface area (Å²) in [5.74, 6) is -1.01. The van der Waals surface area contributed by atoms with Gasteiger partial charge in [0.25, 0.3) is 11.8 Å². The van der Waals surface area contributed by atoms with E-state index >= 15 is 0 Å². The Morgan fingerprint density at radius 3 is 2.26 bits per heavy atom. The van der Waals surface area contributed by atoms with Gasteiger partial charge < -0.3 is 4.74 Å². The summed E-state index contributed by atoms with van der Waals surface area (Å²) in [5.41, 5.74) is 4.98. The van der Waals surface area contributed by atoms with Crippen molar-refractivity contribution < 1.29 is 18.7 Å². The van der Waals surface area contributed by atoms with Gasteiger partial charge in [-0.05, 0) is 55.5 Å². The smallest absolute Gasteiger partial charge is 0.279 e. The molecular weight excluding hydrogens is 367 g/mol. The minimum absolute atomic E-state index is 0.355. The predicted molar refractivity (Wildman–Crippen MR) is 86.2 cm³/mol. The average molecular weight is 381 g/mol. The summed E-state index contributed by atoms with van der Waals surface area (Å²) in [4.78, 5) is 23.7. The fourth-order valence-electron chi connectivity index (χ4n) is 1.66. The van der Waals surface area contributed by atoms with Gasteiger partial charge in [-0.1, -0.05) is 15.9 Å². The molecule has 0 bridgehead atoms. The van der Waals surface area contributed by atoms with Gasteiger partial charge in [-0.2, -0.15) is 0 Å². The number of rotatable bonds is 4. The van der Waals surface area contributed by atoms with Crippen LogP contribution in [0.25, 0.3) is 0 Å². The van der Waals surface area contributed by atoms with E-state index in [9.17, 15) is 14.0 Å². The Kier molecular flexibility index (Phi) is 5.70. The van der Waals surface area contributed by atoms with E-state index in [0.29, 0.717) is 11.3 Å². The first kappa shape index (κ1) is 17.0. The van der Waals surface area contributed by atoms with Crippen molar-refractivity contribution in [3.05, 3.63) is 64.4 Å². The summed E-state index contributed by atoms with van der Waals surface area (Å²) in [6.07, 6.45) is -0.856. The van der Waals surface area contributed by atoms with Gasteiger partial charge in [-0.25, -0.2) is 4.39 Å². The minimum atomic E-state index is -0.856. The number of hydrogen-bond acceptors (Lipinski definition) is 3. The van der Waals surface area contributed by atoms with E-state index in [1.54, 1.807) is 24.3 Å². The van der Waals surface area contributed by atoms with Crippen LogP contribution in [0.3, 0.4) is 0 Å². The molecule has 0 radical (unpaired) electrons. The van der Waals surface area contributed by atoms with Crippen molar-refractivity contribution in [3.8, 4) is 5.75 Å². The van der Waals surface area contributed by atoms with E-state index in [0.717, 1.165) is 4.47 Å². The van der Waals surface area contributed by atoms with Gasteiger partial charge >= 0.3 is 0 Å². The van der Waals surface area contributed by atoms with Gasteiger partial charge in [0, 0.05) is 10.0 Å². The summed E-state index contributed by atoms with van der Waals surface area (Å²) >= 11 is 3.27. The number of halogens is 2. The summed E-state index contributed by atoms with van der Waals surface area (Å²) in [5, 5.41) is 0. The van der Waals surface area contributed by atoms with E-state index < -0.39 is 23.7 Å². The largest absolute Gasteiger partial charge is 0.481 e. The van der Waals surface area contributed by atoms with E-state index in [1.807, 2.05) is 0 Å². The van der Waals surface area contributed by atoms with Crippen LogP contribution in [0.4, 0.5) is 4.39 Å². The molecule has 0 aromatic heterocycles. The maximum absolute atomic E-state index is 12.8. The first-order valence-corrected chi connectivity index (χ1v) is 7.53. The molecule has 2 amide bonds. The van der Waals surface area contributed by atoms with Crippen molar-refractivity contribution in [1.29, 1.82) is 0 Å². The fraction of sp³-hybridized carbons (Fsp3) is 0.125. The molecule has 1 unspecified atom stereocenters. The molecule has 0 saturated carbocycles. The number of nitrogens with one attached hydrogen (secondary N) is 2. The van der Waals surface area contributed by atoms with Crippen LogP contribution in [0.1, 0.15) is 17.3 Å². The second-order valence-electron chi connectivity index (χ2n) is 4.66. The van der Waals surface area contributed by atoms with E-state index in [2.05, 4.69) is 26.8 Å². The topological polar surface area (TPSA) is 67.4 Å². The maximum atomic E-state index is 12.8. The molecule has 7 heteroatoms. The molecule has 0 aliphatic carbocycles. The van der Waals surface area contributed by atoms with Crippen molar-refractivity contribution in [2.75, 3.05) is 0 Å². The van der Waals surface area contributed by atoms with E-state index in [-0.39, 0.29) is 0 Å². The lowest BCUT2D eigenvalue weighted by molar-refractivity contribution is -0.128. The molecule has 2 aromatic carbocycles. The summed E-state index contributed by atoms with van der Waals surface area (Å²) in [6, 6.07) is 12.0. The molecule has 5 nitrogen and oxygen atoms in total. The van der Waals surface area contributed by atoms with Crippen molar-refractivity contribution in [1.82, 2.24) is 10.9 Å². The molecule has 2 N–H and O–H groups in total. The van der Waals surface area contributed by atoms with Crippen LogP contribution in [0.15, 0.2) is 53.0 Å². The van der Waals surface area contributed by atoms with Crippen LogP contribution in [0, 0.1) is 5.82 Å². The lowest BCUT2D eigenvalue weighted by atomic mass is 10.2. The van der Waals surface area contributed by atoms with Crippen molar-refractivity contribution >= 4 is 27.7 Å². The van der Waals surface area contributed by atoms with Gasteiger partial charge in [0.05, 0.1) is 0 Å². The Bertz CT molecular complexity index is 689. The number of amides is 2. The Labute approximate surface area is 140 Å². The van der Waals surface area contributed by atoms with E-state index in [4.69, 9.17) is 4.74 Å². The number of carbonyl (C=O) groups is 2. The summed E-state index contributed by atoms with van der Waals surface area (Å²) in [7, 11) is 0. The predicted octanol–water partition coefficient (Wildman–Crippen LogP) is 2.82. The summed E-state index contributed by atoms with van der Waals surface area (Å²) in [6.45, 7) is 1.52. The van der Waals surface area contributed by atoms with E-state index in [1.165, 1.54) is 31.2 Å². The number of benzene rings is 2. The first-order valence-electron chi connectivity index (χ1n) is 6.73. The molecule has 0 spiro atoms. The molecule has 2 aromatic rings. The van der Waals surface area contributed by atoms with Gasteiger partial charge in [-0.15, -0.1) is 0 Å². The highest BCUT2D eigenvalue weighted by molar-refractivity contribution is 9.10. The molecule has 1 atom stereocenters. The van der Waals surface area contributed by atoms with Gasteiger partial charge in [0.1, 0.15) is 11.6 Å². The Morgan fingerprint density at radius 1 is 1.04 bits per heavy atom. The zero-order chi connectivity index (χ0) is 16.8. The maximum Gasteiger partial charge on any atom is 0.279 e. The van der Waals surface area contributed by atoms with Crippen molar-refractivity contribution in [2.24, 2.45) is 0 Å². The highest BCUT2D eigenvalue weighted by Gasteiger charge is 2.15. The highest BCUT2D eigenvalue weighted by Crippen LogP contribution is 2.13. The van der Waals surface area contributed by atoms with Crippen LogP contribution < -0.4 is 15.6 Å². The zero-order valence-corrected chi connectivity index (χ0v) is 13.8. The molecule has 23 heavy (non-hydrogen) atoms. The number of ether oxygens (including phenoxy) is 1. The Balaban J connectivity index is 1.84. The number of carbonyl (C=O) groups excluding carboxylic acids is 2. The zero-order valence-electron chi connectivity index (χ0n) is 12.2. The monoisotopic (exact) mass is 380 g/mol. The highest BCUT2D eigenvalue weighted by atomic mass is 79.9. The molecule has 2 rings (SSSR count). The second-order valence-corrected chi connectivity index (χ2v) is 5.58. The number of hydrogen-bond donors (Lipinski definition) is 2. The molecular formula is C16H14BrFN2O3. The lowest BCUT2D eigenvalue weighted by Gasteiger charge is -2.15. The standard InChI is InChI=1S/C16H14BrFN2O3/c1-10(23-14-8-6-13(18)7-9-14)15(21)19-20-16(22)11-2-4-12(17)5-3-11/h2-10H,1H3,(H,19,21)(H,20,22). The second kappa shape index (κ2) is 7.73. The molecule has 120 valence electrons. The van der Waals surface area contributed by atoms with Gasteiger partial charge in [0.15, 0.2) is 6.10 Å². The van der Waals surface area contributed by atoms with Gasteiger partial charge in [-0.3, -0.25) is 20.4 Å². The molecule has 0 fully saturated rings. The van der Waals surface area contributed by atoms with Crippen LogP contribution >= 0.6 is 15.9 Å².